The maximum atomic E-state index is 5.11. The van der Waals surface area contributed by atoms with Gasteiger partial charge in [0.2, 0.25) is 0 Å². The summed E-state index contributed by atoms with van der Waals surface area (Å²) in [6.45, 7) is 6.63. The van der Waals surface area contributed by atoms with Gasteiger partial charge < -0.3 is 9.26 Å². The molecule has 76 valence electrons. The topological polar surface area (TPSA) is 35.3 Å². The van der Waals surface area contributed by atoms with Gasteiger partial charge in [-0.25, -0.2) is 0 Å². The third kappa shape index (κ3) is 3.53. The summed E-state index contributed by atoms with van der Waals surface area (Å²) < 4.78 is 10.2. The van der Waals surface area contributed by atoms with Gasteiger partial charge in [0, 0.05) is 12.5 Å². The predicted molar refractivity (Wildman–Crippen MR) is 54.0 cm³/mol. The van der Waals surface area contributed by atoms with E-state index in [9.17, 15) is 0 Å². The van der Waals surface area contributed by atoms with E-state index in [0.29, 0.717) is 5.88 Å². The van der Waals surface area contributed by atoms with Gasteiger partial charge in [-0.3, -0.25) is 0 Å². The van der Waals surface area contributed by atoms with Gasteiger partial charge >= 0.3 is 0 Å². The van der Waals surface area contributed by atoms with Crippen molar-refractivity contribution >= 4 is 0 Å². The van der Waals surface area contributed by atoms with Gasteiger partial charge in [0.15, 0.2) is 6.61 Å². The molecular formula is C11H15NO2. The number of hydrogen-bond acceptors (Lipinski definition) is 3. The zero-order chi connectivity index (χ0) is 10.6. The second-order valence-electron chi connectivity index (χ2n) is 4.36. The number of nitrogens with zero attached hydrogens (tertiary/aromatic N) is 1. The van der Waals surface area contributed by atoms with Crippen molar-refractivity contribution in [2.45, 2.75) is 27.2 Å². The van der Waals surface area contributed by atoms with Crippen molar-refractivity contribution in [1.29, 1.82) is 0 Å². The van der Waals surface area contributed by atoms with Crippen LogP contribution in [0.3, 0.4) is 0 Å². The highest BCUT2D eigenvalue weighted by Crippen LogP contribution is 2.22. The van der Waals surface area contributed by atoms with Gasteiger partial charge in [0.25, 0.3) is 5.88 Å². The molecule has 0 fully saturated rings. The highest BCUT2D eigenvalue weighted by Gasteiger charge is 2.15. The Hall–Kier alpha value is -1.43. The molecule has 0 spiro atoms. The molecule has 0 aromatic carbocycles. The Morgan fingerprint density at radius 1 is 1.57 bits per heavy atom. The van der Waals surface area contributed by atoms with Crippen molar-refractivity contribution in [3.05, 3.63) is 11.8 Å². The highest BCUT2D eigenvalue weighted by atomic mass is 16.5. The van der Waals surface area contributed by atoms with E-state index in [1.54, 1.807) is 6.07 Å². The van der Waals surface area contributed by atoms with Crippen LogP contribution in [-0.4, -0.2) is 11.8 Å². The molecule has 0 radical (unpaired) electrons. The van der Waals surface area contributed by atoms with E-state index in [2.05, 4.69) is 31.8 Å². The fraction of sp³-hybridized carbons (Fsp3) is 0.545. The first kappa shape index (κ1) is 10.6. The van der Waals surface area contributed by atoms with E-state index in [4.69, 9.17) is 15.7 Å². The zero-order valence-electron chi connectivity index (χ0n) is 8.83. The maximum absolute atomic E-state index is 5.11. The molecule has 0 atom stereocenters. The summed E-state index contributed by atoms with van der Waals surface area (Å²) in [5.74, 6) is 3.65. The SMILES string of the molecule is C#CCOc1cc(CC(C)(C)C)on1. The number of rotatable bonds is 3. The van der Waals surface area contributed by atoms with Crippen LogP contribution in [0.5, 0.6) is 5.88 Å². The lowest BCUT2D eigenvalue weighted by Gasteiger charge is -2.14. The molecule has 1 heterocycles. The van der Waals surface area contributed by atoms with E-state index in [-0.39, 0.29) is 12.0 Å². The van der Waals surface area contributed by atoms with E-state index >= 15 is 0 Å². The van der Waals surface area contributed by atoms with Crippen molar-refractivity contribution in [3.63, 3.8) is 0 Å². The van der Waals surface area contributed by atoms with E-state index in [0.717, 1.165) is 12.2 Å². The van der Waals surface area contributed by atoms with Gasteiger partial charge in [-0.2, -0.15) is 0 Å². The summed E-state index contributed by atoms with van der Waals surface area (Å²) in [4.78, 5) is 0. The summed E-state index contributed by atoms with van der Waals surface area (Å²) in [6, 6.07) is 1.78. The second-order valence-corrected chi connectivity index (χ2v) is 4.36. The molecule has 0 bridgehead atoms. The van der Waals surface area contributed by atoms with Gasteiger partial charge in [0.1, 0.15) is 5.76 Å². The summed E-state index contributed by atoms with van der Waals surface area (Å²) in [5, 5.41) is 3.75. The molecule has 14 heavy (non-hydrogen) atoms. The Balaban J connectivity index is 2.56. The predicted octanol–water partition coefficient (Wildman–Crippen LogP) is 2.28. The minimum absolute atomic E-state index is 0.183. The van der Waals surface area contributed by atoms with E-state index in [1.807, 2.05) is 0 Å². The molecule has 0 saturated carbocycles. The van der Waals surface area contributed by atoms with Crippen LogP contribution in [0.25, 0.3) is 0 Å². The lowest BCUT2D eigenvalue weighted by molar-refractivity contribution is 0.289. The van der Waals surface area contributed by atoms with Crippen LogP contribution in [0.15, 0.2) is 10.6 Å². The van der Waals surface area contributed by atoms with Crippen molar-refractivity contribution < 1.29 is 9.26 Å². The Bertz CT molecular complexity index is 328. The fourth-order valence-corrected chi connectivity index (χ4v) is 1.08. The first-order valence-electron chi connectivity index (χ1n) is 4.53. The van der Waals surface area contributed by atoms with Crippen LogP contribution in [-0.2, 0) is 6.42 Å². The van der Waals surface area contributed by atoms with Crippen molar-refractivity contribution in [3.8, 4) is 18.2 Å². The molecule has 1 aromatic heterocycles. The first-order chi connectivity index (χ1) is 6.51. The van der Waals surface area contributed by atoms with Crippen LogP contribution in [0.2, 0.25) is 0 Å². The lowest BCUT2D eigenvalue weighted by atomic mass is 9.91. The quantitative estimate of drug-likeness (QED) is 0.691. The van der Waals surface area contributed by atoms with Crippen LogP contribution in [0.1, 0.15) is 26.5 Å². The summed E-state index contributed by atoms with van der Waals surface area (Å²) in [5.41, 5.74) is 0.183. The fourth-order valence-electron chi connectivity index (χ4n) is 1.08. The van der Waals surface area contributed by atoms with Crippen molar-refractivity contribution in [1.82, 2.24) is 5.16 Å². The zero-order valence-corrected chi connectivity index (χ0v) is 8.83. The number of aromatic nitrogens is 1. The number of hydrogen-bond donors (Lipinski definition) is 0. The normalized spacial score (nSPS) is 11.0. The van der Waals surface area contributed by atoms with Crippen molar-refractivity contribution in [2.24, 2.45) is 5.41 Å². The maximum Gasteiger partial charge on any atom is 0.255 e. The van der Waals surface area contributed by atoms with Gasteiger partial charge in [0.05, 0.1) is 0 Å². The molecule has 1 rings (SSSR count). The summed E-state index contributed by atoms with van der Waals surface area (Å²) in [7, 11) is 0. The molecule has 1 aromatic rings. The average molecular weight is 193 g/mol. The minimum atomic E-state index is 0.183. The summed E-state index contributed by atoms with van der Waals surface area (Å²) in [6.07, 6.45) is 5.88. The highest BCUT2D eigenvalue weighted by molar-refractivity contribution is 5.12. The molecule has 0 aliphatic heterocycles. The van der Waals surface area contributed by atoms with E-state index in [1.165, 1.54) is 0 Å². The molecule has 3 nitrogen and oxygen atoms in total. The molecule has 0 aliphatic rings. The Morgan fingerprint density at radius 3 is 2.86 bits per heavy atom. The molecule has 0 N–H and O–H groups in total. The molecule has 0 saturated heterocycles. The molecule has 0 unspecified atom stereocenters. The Morgan fingerprint density at radius 2 is 2.29 bits per heavy atom. The first-order valence-corrected chi connectivity index (χ1v) is 4.53. The van der Waals surface area contributed by atoms with Gasteiger partial charge in [-0.15, -0.1) is 6.42 Å². The average Bonchev–Trinajstić information content (AvgIpc) is 2.46. The third-order valence-electron chi connectivity index (χ3n) is 1.55. The number of terminal acetylenes is 1. The van der Waals surface area contributed by atoms with E-state index < -0.39 is 0 Å². The van der Waals surface area contributed by atoms with Gasteiger partial charge in [-0.05, 0) is 10.6 Å². The van der Waals surface area contributed by atoms with Crippen molar-refractivity contribution in [2.75, 3.05) is 6.61 Å². The van der Waals surface area contributed by atoms with Crippen LogP contribution in [0.4, 0.5) is 0 Å². The van der Waals surface area contributed by atoms with Crippen LogP contribution in [0, 0.1) is 17.8 Å². The Labute approximate surface area is 84.4 Å². The van der Waals surface area contributed by atoms with Crippen LogP contribution < -0.4 is 4.74 Å². The smallest absolute Gasteiger partial charge is 0.255 e. The van der Waals surface area contributed by atoms with Crippen LogP contribution >= 0.6 is 0 Å². The second kappa shape index (κ2) is 4.19. The molecule has 0 aliphatic carbocycles. The third-order valence-corrected chi connectivity index (χ3v) is 1.55. The standard InChI is InChI=1S/C11H15NO2/c1-5-6-13-10-7-9(14-12-10)8-11(2,3)4/h1,7H,6,8H2,2-4H3. The summed E-state index contributed by atoms with van der Waals surface area (Å²) >= 11 is 0. The minimum Gasteiger partial charge on any atom is -0.462 e. The molecule has 3 heteroatoms. The van der Waals surface area contributed by atoms with Gasteiger partial charge in [-0.1, -0.05) is 26.7 Å². The molecule has 0 amide bonds. The monoisotopic (exact) mass is 193 g/mol. The lowest BCUT2D eigenvalue weighted by Crippen LogP contribution is -2.08. The molecular weight excluding hydrogens is 178 g/mol. The largest absolute Gasteiger partial charge is 0.462 e. The Kier molecular flexibility index (Phi) is 3.19. The number of ether oxygens (including phenoxy) is 1.